The molecule has 0 aliphatic carbocycles. The zero-order chi connectivity index (χ0) is 16.8. The molecule has 2 aromatic rings. The molecule has 0 saturated carbocycles. The van der Waals surface area contributed by atoms with Crippen molar-refractivity contribution in [2.45, 2.75) is 19.1 Å². The Morgan fingerprint density at radius 3 is 2.35 bits per heavy atom. The fourth-order valence-electron chi connectivity index (χ4n) is 2.05. The Morgan fingerprint density at radius 2 is 1.83 bits per heavy atom. The number of hydrogen-bond donors (Lipinski definition) is 4. The number of hydrogen-bond acceptors (Lipinski definition) is 5. The highest BCUT2D eigenvalue weighted by Crippen LogP contribution is 2.18. The van der Waals surface area contributed by atoms with Crippen LogP contribution in [0.25, 0.3) is 11.1 Å². The highest BCUT2D eigenvalue weighted by molar-refractivity contribution is 5.97. The van der Waals surface area contributed by atoms with Gasteiger partial charge in [0.25, 0.3) is 11.8 Å². The third-order valence-corrected chi connectivity index (χ3v) is 3.30. The highest BCUT2D eigenvalue weighted by Gasteiger charge is 2.25. The van der Waals surface area contributed by atoms with Gasteiger partial charge in [-0.05, 0) is 36.2 Å². The van der Waals surface area contributed by atoms with Gasteiger partial charge in [0.1, 0.15) is 6.04 Å². The lowest BCUT2D eigenvalue weighted by molar-refractivity contribution is -0.133. The first-order valence-corrected chi connectivity index (χ1v) is 6.96. The lowest BCUT2D eigenvalue weighted by Gasteiger charge is -2.19. The summed E-state index contributed by atoms with van der Waals surface area (Å²) in [4.78, 5) is 27.6. The maximum atomic E-state index is 12.1. The van der Waals surface area contributed by atoms with Crippen molar-refractivity contribution in [2.24, 2.45) is 0 Å². The minimum Gasteiger partial charge on any atom is -0.391 e. The Labute approximate surface area is 132 Å². The second-order valence-corrected chi connectivity index (χ2v) is 4.99. The largest absolute Gasteiger partial charge is 0.391 e. The van der Waals surface area contributed by atoms with E-state index in [1.165, 1.54) is 12.4 Å². The van der Waals surface area contributed by atoms with Crippen molar-refractivity contribution in [3.63, 3.8) is 0 Å². The Bertz CT molecular complexity index is 671. The molecule has 0 fully saturated rings. The molecule has 0 unspecified atom stereocenters. The number of carbonyl (C=O) groups is 2. The summed E-state index contributed by atoms with van der Waals surface area (Å²) in [6.07, 6.45) is 2.23. The molecule has 0 bridgehead atoms. The first-order chi connectivity index (χ1) is 11.0. The maximum Gasteiger partial charge on any atom is 0.268 e. The van der Waals surface area contributed by atoms with E-state index in [1.54, 1.807) is 36.7 Å². The fraction of sp³-hybridized carbons (Fsp3) is 0.188. The third-order valence-electron chi connectivity index (χ3n) is 3.30. The SMILES string of the molecule is C[C@@H](O)[C@H](NC(=O)c1ccc(-c2cccnc2)cc1)C(=O)NO. The molecular formula is C16H17N3O4. The molecule has 1 heterocycles. The van der Waals surface area contributed by atoms with Gasteiger partial charge in [-0.1, -0.05) is 18.2 Å². The number of aromatic nitrogens is 1. The number of amides is 2. The molecule has 2 rings (SSSR count). The zero-order valence-corrected chi connectivity index (χ0v) is 12.4. The molecular weight excluding hydrogens is 298 g/mol. The molecule has 2 atom stereocenters. The van der Waals surface area contributed by atoms with Crippen molar-refractivity contribution >= 4 is 11.8 Å². The van der Waals surface area contributed by atoms with Crippen LogP contribution in [0.3, 0.4) is 0 Å². The van der Waals surface area contributed by atoms with Crippen LogP contribution in [0.2, 0.25) is 0 Å². The van der Waals surface area contributed by atoms with Crippen LogP contribution in [0.1, 0.15) is 17.3 Å². The molecule has 7 nitrogen and oxygen atoms in total. The standard InChI is InChI=1S/C16H17N3O4/c1-10(20)14(16(22)19-23)18-15(21)12-6-4-11(5-7-12)13-3-2-8-17-9-13/h2-10,14,20,23H,1H3,(H,18,21)(H,19,22)/t10-,14+/m1/s1. The first-order valence-electron chi connectivity index (χ1n) is 6.96. The van der Waals surface area contributed by atoms with Crippen LogP contribution in [0.4, 0.5) is 0 Å². The van der Waals surface area contributed by atoms with Gasteiger partial charge < -0.3 is 10.4 Å². The van der Waals surface area contributed by atoms with Crippen molar-refractivity contribution in [3.05, 3.63) is 54.4 Å². The molecule has 0 radical (unpaired) electrons. The predicted molar refractivity (Wildman–Crippen MR) is 82.5 cm³/mol. The predicted octanol–water partition coefficient (Wildman–Crippen LogP) is 0.733. The van der Waals surface area contributed by atoms with Crippen molar-refractivity contribution in [2.75, 3.05) is 0 Å². The summed E-state index contributed by atoms with van der Waals surface area (Å²) in [5, 5.41) is 20.5. The van der Waals surface area contributed by atoms with Gasteiger partial charge in [-0.15, -0.1) is 0 Å². The van der Waals surface area contributed by atoms with Crippen LogP contribution >= 0.6 is 0 Å². The number of pyridine rings is 1. The van der Waals surface area contributed by atoms with Gasteiger partial charge in [0.15, 0.2) is 0 Å². The van der Waals surface area contributed by atoms with Gasteiger partial charge in [0.2, 0.25) is 0 Å². The third kappa shape index (κ3) is 4.12. The van der Waals surface area contributed by atoms with E-state index in [1.807, 2.05) is 12.1 Å². The summed E-state index contributed by atoms with van der Waals surface area (Å²) >= 11 is 0. The number of benzene rings is 1. The maximum absolute atomic E-state index is 12.1. The second-order valence-electron chi connectivity index (χ2n) is 4.99. The molecule has 0 aliphatic heterocycles. The van der Waals surface area contributed by atoms with E-state index < -0.39 is 24.0 Å². The van der Waals surface area contributed by atoms with E-state index in [4.69, 9.17) is 5.21 Å². The molecule has 2 amide bonds. The van der Waals surface area contributed by atoms with E-state index in [-0.39, 0.29) is 0 Å². The van der Waals surface area contributed by atoms with Crippen LogP contribution in [-0.4, -0.2) is 39.3 Å². The number of aliphatic hydroxyl groups is 1. The minimum atomic E-state index is -1.24. The van der Waals surface area contributed by atoms with E-state index in [9.17, 15) is 14.7 Å². The average Bonchev–Trinajstić information content (AvgIpc) is 2.59. The summed E-state index contributed by atoms with van der Waals surface area (Å²) in [5.41, 5.74) is 3.56. The quantitative estimate of drug-likeness (QED) is 0.480. The van der Waals surface area contributed by atoms with E-state index >= 15 is 0 Å². The van der Waals surface area contributed by atoms with Crippen LogP contribution < -0.4 is 10.8 Å². The molecule has 1 aromatic heterocycles. The van der Waals surface area contributed by atoms with Crippen LogP contribution in [0.15, 0.2) is 48.8 Å². The van der Waals surface area contributed by atoms with Crippen LogP contribution in [0.5, 0.6) is 0 Å². The van der Waals surface area contributed by atoms with Crippen molar-refractivity contribution < 1.29 is 19.9 Å². The van der Waals surface area contributed by atoms with Gasteiger partial charge in [0, 0.05) is 18.0 Å². The number of aliphatic hydroxyl groups excluding tert-OH is 1. The Morgan fingerprint density at radius 1 is 1.13 bits per heavy atom. The summed E-state index contributed by atoms with van der Waals surface area (Å²) in [6.45, 7) is 1.34. The Kier molecular flexibility index (Phi) is 5.40. The van der Waals surface area contributed by atoms with Gasteiger partial charge in [-0.3, -0.25) is 19.8 Å². The summed E-state index contributed by atoms with van der Waals surface area (Å²) < 4.78 is 0. The number of hydroxylamine groups is 1. The van der Waals surface area contributed by atoms with Crippen LogP contribution in [-0.2, 0) is 4.79 Å². The molecule has 23 heavy (non-hydrogen) atoms. The van der Waals surface area contributed by atoms with Gasteiger partial charge >= 0.3 is 0 Å². The van der Waals surface area contributed by atoms with Gasteiger partial charge in [0.05, 0.1) is 6.10 Å². The second kappa shape index (κ2) is 7.48. The zero-order valence-electron chi connectivity index (χ0n) is 12.4. The summed E-state index contributed by atoms with van der Waals surface area (Å²) in [5.74, 6) is -1.42. The monoisotopic (exact) mass is 315 g/mol. The molecule has 0 spiro atoms. The molecule has 7 heteroatoms. The number of nitrogens with one attached hydrogen (secondary N) is 2. The molecule has 120 valence electrons. The fourth-order valence-corrected chi connectivity index (χ4v) is 2.05. The van der Waals surface area contributed by atoms with Crippen molar-refractivity contribution in [1.29, 1.82) is 0 Å². The van der Waals surface area contributed by atoms with E-state index in [0.717, 1.165) is 11.1 Å². The summed E-state index contributed by atoms with van der Waals surface area (Å²) in [7, 11) is 0. The average molecular weight is 315 g/mol. The Balaban J connectivity index is 2.12. The molecule has 1 aromatic carbocycles. The van der Waals surface area contributed by atoms with E-state index in [0.29, 0.717) is 5.56 Å². The molecule has 4 N–H and O–H groups in total. The lowest BCUT2D eigenvalue weighted by Crippen LogP contribution is -2.51. The summed E-state index contributed by atoms with van der Waals surface area (Å²) in [6, 6.07) is 9.20. The number of carbonyl (C=O) groups excluding carboxylic acids is 2. The minimum absolute atomic E-state index is 0.328. The Hall–Kier alpha value is -2.77. The molecule has 0 aliphatic rings. The lowest BCUT2D eigenvalue weighted by atomic mass is 10.0. The van der Waals surface area contributed by atoms with Crippen molar-refractivity contribution in [3.8, 4) is 11.1 Å². The highest BCUT2D eigenvalue weighted by atomic mass is 16.5. The topological polar surface area (TPSA) is 112 Å². The number of rotatable bonds is 5. The van der Waals surface area contributed by atoms with Gasteiger partial charge in [-0.25, -0.2) is 5.48 Å². The van der Waals surface area contributed by atoms with Crippen molar-refractivity contribution in [1.82, 2.24) is 15.8 Å². The first kappa shape index (κ1) is 16.6. The van der Waals surface area contributed by atoms with Crippen LogP contribution in [0, 0.1) is 0 Å². The normalized spacial score (nSPS) is 13.0. The van der Waals surface area contributed by atoms with E-state index in [2.05, 4.69) is 10.3 Å². The molecule has 0 saturated heterocycles. The smallest absolute Gasteiger partial charge is 0.268 e. The number of nitrogens with zero attached hydrogens (tertiary/aromatic N) is 1. The van der Waals surface area contributed by atoms with Gasteiger partial charge in [-0.2, -0.15) is 0 Å².